The van der Waals surface area contributed by atoms with Gasteiger partial charge >= 0.3 is 0 Å². The van der Waals surface area contributed by atoms with E-state index in [0.29, 0.717) is 19.0 Å². The van der Waals surface area contributed by atoms with Gasteiger partial charge in [0.05, 0.1) is 17.1 Å². The van der Waals surface area contributed by atoms with Crippen LogP contribution in [0.15, 0.2) is 62.9 Å². The van der Waals surface area contributed by atoms with Gasteiger partial charge in [-0.25, -0.2) is 8.42 Å². The average molecular weight is 427 g/mol. The first kappa shape index (κ1) is 20.6. The first-order valence-corrected chi connectivity index (χ1v) is 11.5. The van der Waals surface area contributed by atoms with Crippen molar-refractivity contribution in [2.24, 2.45) is 0 Å². The fourth-order valence-corrected chi connectivity index (χ4v) is 5.07. The maximum atomic E-state index is 13.5. The number of hydrogen-bond donors (Lipinski definition) is 0. The predicted molar refractivity (Wildman–Crippen MR) is 116 cm³/mol. The number of ether oxygens (including phenoxy) is 1. The molecule has 2 heterocycles. The van der Waals surface area contributed by atoms with Gasteiger partial charge in [-0.05, 0) is 52.0 Å². The number of sulfone groups is 1. The molecule has 1 aromatic heterocycles. The molecule has 3 aromatic rings. The van der Waals surface area contributed by atoms with Gasteiger partial charge in [0, 0.05) is 18.7 Å². The second-order valence-electron chi connectivity index (χ2n) is 7.98. The zero-order chi connectivity index (χ0) is 21.5. The summed E-state index contributed by atoms with van der Waals surface area (Å²) in [6.45, 7) is 8.89. The van der Waals surface area contributed by atoms with Gasteiger partial charge in [-0.15, -0.1) is 0 Å². The number of benzene rings is 2. The molecule has 1 saturated heterocycles. The van der Waals surface area contributed by atoms with Gasteiger partial charge in [0.25, 0.3) is 0 Å². The molecule has 0 spiro atoms. The molecule has 2 unspecified atom stereocenters. The van der Waals surface area contributed by atoms with E-state index in [4.69, 9.17) is 9.15 Å². The topological polar surface area (TPSA) is 72.6 Å². The Hall–Kier alpha value is -2.64. The predicted octanol–water partition coefficient (Wildman–Crippen LogP) is 4.40. The second kappa shape index (κ2) is 7.89. The van der Waals surface area contributed by atoms with E-state index in [1.807, 2.05) is 56.9 Å². The molecule has 1 aliphatic heterocycles. The highest BCUT2D eigenvalue weighted by Crippen LogP contribution is 2.36. The maximum Gasteiger partial charge on any atom is 0.236 e. The molecule has 2 atom stereocenters. The van der Waals surface area contributed by atoms with Gasteiger partial charge in [0.15, 0.2) is 0 Å². The van der Waals surface area contributed by atoms with Gasteiger partial charge in [0.1, 0.15) is 0 Å². The zero-order valence-corrected chi connectivity index (χ0v) is 18.4. The van der Waals surface area contributed by atoms with Crippen molar-refractivity contribution in [1.29, 1.82) is 0 Å². The minimum absolute atomic E-state index is 0.0452. The highest BCUT2D eigenvalue weighted by atomic mass is 32.2. The number of morpholine rings is 1. The third kappa shape index (κ3) is 4.00. The smallest absolute Gasteiger partial charge is 0.236 e. The van der Waals surface area contributed by atoms with Crippen LogP contribution in [0.1, 0.15) is 25.0 Å². The van der Waals surface area contributed by atoms with E-state index < -0.39 is 9.84 Å². The van der Waals surface area contributed by atoms with Gasteiger partial charge < -0.3 is 14.1 Å². The highest BCUT2D eigenvalue weighted by molar-refractivity contribution is 7.91. The number of hydrogen-bond acceptors (Lipinski definition) is 6. The fourth-order valence-electron chi connectivity index (χ4n) is 3.75. The van der Waals surface area contributed by atoms with E-state index in [1.165, 1.54) is 0 Å². The summed E-state index contributed by atoms with van der Waals surface area (Å²) in [4.78, 5) is 6.60. The molecule has 6 nitrogen and oxygen atoms in total. The van der Waals surface area contributed by atoms with Crippen LogP contribution in [0.25, 0.3) is 11.5 Å². The molecular formula is C23H26N2O4S. The Bertz CT molecular complexity index is 1140. The lowest BCUT2D eigenvalue weighted by molar-refractivity contribution is -0.00657. The Labute approximate surface area is 177 Å². The molecule has 0 bridgehead atoms. The van der Waals surface area contributed by atoms with E-state index in [1.54, 1.807) is 24.3 Å². The molecule has 4 rings (SSSR count). The van der Waals surface area contributed by atoms with Crippen LogP contribution in [-0.4, -0.2) is 38.7 Å². The van der Waals surface area contributed by atoms with E-state index >= 15 is 0 Å². The van der Waals surface area contributed by atoms with Crippen molar-refractivity contribution in [3.63, 3.8) is 0 Å². The number of anilines is 1. The minimum atomic E-state index is -3.86. The Kier molecular flexibility index (Phi) is 5.42. The van der Waals surface area contributed by atoms with Crippen molar-refractivity contribution in [1.82, 2.24) is 4.98 Å². The Morgan fingerprint density at radius 2 is 1.63 bits per heavy atom. The van der Waals surface area contributed by atoms with Crippen LogP contribution in [0.2, 0.25) is 0 Å². The molecule has 0 aliphatic carbocycles. The first-order chi connectivity index (χ1) is 14.2. The number of oxazole rings is 1. The van der Waals surface area contributed by atoms with Gasteiger partial charge in [-0.3, -0.25) is 0 Å². The summed E-state index contributed by atoms with van der Waals surface area (Å²) in [5, 5.41) is -0.0517. The van der Waals surface area contributed by atoms with E-state index in [-0.39, 0.29) is 28.0 Å². The summed E-state index contributed by atoms with van der Waals surface area (Å²) < 4.78 is 38.9. The standard InChI is InChI=1S/C23H26N2O4S/c1-15-8-10-20(11-9-15)30(26,27)22-23(25-13-17(3)28-18(4)14-25)29-21(24-22)19-7-5-6-16(2)12-19/h5-12,17-18H,13-14H2,1-4H3. The molecular weight excluding hydrogens is 400 g/mol. The summed E-state index contributed by atoms with van der Waals surface area (Å²) >= 11 is 0. The summed E-state index contributed by atoms with van der Waals surface area (Å²) in [6, 6.07) is 14.5. The SMILES string of the molecule is Cc1ccc(S(=O)(=O)c2nc(-c3cccc(C)c3)oc2N2CC(C)OC(C)C2)cc1. The third-order valence-corrected chi connectivity index (χ3v) is 6.80. The number of nitrogens with zero attached hydrogens (tertiary/aromatic N) is 2. The molecule has 0 N–H and O–H groups in total. The number of aryl methyl sites for hydroxylation is 2. The lowest BCUT2D eigenvalue weighted by Crippen LogP contribution is -2.45. The largest absolute Gasteiger partial charge is 0.419 e. The van der Waals surface area contributed by atoms with Gasteiger partial charge in [-0.1, -0.05) is 35.4 Å². The van der Waals surface area contributed by atoms with Crippen molar-refractivity contribution < 1.29 is 17.6 Å². The molecule has 2 aromatic carbocycles. The van der Waals surface area contributed by atoms with Crippen LogP contribution < -0.4 is 4.90 Å². The summed E-state index contributed by atoms with van der Waals surface area (Å²) in [7, 11) is -3.86. The maximum absolute atomic E-state index is 13.5. The molecule has 7 heteroatoms. The molecule has 30 heavy (non-hydrogen) atoms. The molecule has 0 saturated carbocycles. The first-order valence-electron chi connectivity index (χ1n) is 10.0. The summed E-state index contributed by atoms with van der Waals surface area (Å²) in [6.07, 6.45) is -0.0904. The fraction of sp³-hybridized carbons (Fsp3) is 0.348. The van der Waals surface area contributed by atoms with Crippen LogP contribution in [0, 0.1) is 13.8 Å². The third-order valence-electron chi connectivity index (χ3n) is 5.14. The monoisotopic (exact) mass is 426 g/mol. The molecule has 0 radical (unpaired) electrons. The van der Waals surface area contributed by atoms with Crippen molar-refractivity contribution >= 4 is 15.7 Å². The summed E-state index contributed by atoms with van der Waals surface area (Å²) in [5.41, 5.74) is 2.78. The van der Waals surface area contributed by atoms with Crippen LogP contribution in [0.3, 0.4) is 0 Å². The van der Waals surface area contributed by atoms with Crippen LogP contribution in [0.5, 0.6) is 0 Å². The Morgan fingerprint density at radius 1 is 0.967 bits per heavy atom. The minimum Gasteiger partial charge on any atom is -0.419 e. The number of aromatic nitrogens is 1. The van der Waals surface area contributed by atoms with Gasteiger partial charge in [0.2, 0.25) is 26.6 Å². The second-order valence-corrected chi connectivity index (χ2v) is 9.84. The summed E-state index contributed by atoms with van der Waals surface area (Å²) in [5.74, 6) is 0.570. The number of rotatable bonds is 4. The van der Waals surface area contributed by atoms with Crippen molar-refractivity contribution in [3.05, 3.63) is 59.7 Å². The lowest BCUT2D eigenvalue weighted by Gasteiger charge is -2.35. The molecule has 0 amide bonds. The van der Waals surface area contributed by atoms with Crippen molar-refractivity contribution in [2.75, 3.05) is 18.0 Å². The zero-order valence-electron chi connectivity index (χ0n) is 17.6. The van der Waals surface area contributed by atoms with Crippen molar-refractivity contribution in [2.45, 2.75) is 49.8 Å². The quantitative estimate of drug-likeness (QED) is 0.616. The van der Waals surface area contributed by atoms with E-state index in [9.17, 15) is 8.42 Å². The Balaban J connectivity index is 1.86. The molecule has 1 aliphatic rings. The van der Waals surface area contributed by atoms with Crippen LogP contribution >= 0.6 is 0 Å². The van der Waals surface area contributed by atoms with E-state index in [0.717, 1.165) is 16.7 Å². The highest BCUT2D eigenvalue weighted by Gasteiger charge is 2.34. The molecule has 158 valence electrons. The Morgan fingerprint density at radius 3 is 2.27 bits per heavy atom. The average Bonchev–Trinajstić information content (AvgIpc) is 3.14. The van der Waals surface area contributed by atoms with Crippen LogP contribution in [-0.2, 0) is 14.6 Å². The molecule has 1 fully saturated rings. The van der Waals surface area contributed by atoms with Crippen molar-refractivity contribution in [3.8, 4) is 11.5 Å². The van der Waals surface area contributed by atoms with Crippen LogP contribution in [0.4, 0.5) is 5.88 Å². The lowest BCUT2D eigenvalue weighted by atomic mass is 10.1. The normalized spacial score (nSPS) is 19.8. The van der Waals surface area contributed by atoms with E-state index in [2.05, 4.69) is 4.98 Å². The van der Waals surface area contributed by atoms with Gasteiger partial charge in [-0.2, -0.15) is 4.98 Å².